The molecule has 1 aliphatic heterocycles. The van der Waals surface area contributed by atoms with E-state index < -0.39 is 10.0 Å². The molecule has 0 aliphatic carbocycles. The molecule has 0 aromatic carbocycles. The summed E-state index contributed by atoms with van der Waals surface area (Å²) in [5.41, 5.74) is 0. The lowest BCUT2D eigenvalue weighted by atomic mass is 9.98. The molecule has 19 heavy (non-hydrogen) atoms. The molecule has 0 unspecified atom stereocenters. The summed E-state index contributed by atoms with van der Waals surface area (Å²) in [4.78, 5) is 12.2. The van der Waals surface area contributed by atoms with E-state index in [2.05, 4.69) is 5.32 Å². The Morgan fingerprint density at radius 2 is 1.95 bits per heavy atom. The van der Waals surface area contributed by atoms with Gasteiger partial charge in [-0.2, -0.15) is 0 Å². The van der Waals surface area contributed by atoms with Crippen molar-refractivity contribution in [1.29, 1.82) is 0 Å². The topological polar surface area (TPSA) is 66.5 Å². The van der Waals surface area contributed by atoms with Gasteiger partial charge in [-0.15, -0.1) is 0 Å². The Labute approximate surface area is 116 Å². The first-order chi connectivity index (χ1) is 8.94. The van der Waals surface area contributed by atoms with Crippen LogP contribution in [0.25, 0.3) is 0 Å². The van der Waals surface area contributed by atoms with E-state index in [-0.39, 0.29) is 23.6 Å². The highest BCUT2D eigenvalue weighted by Gasteiger charge is 2.31. The Kier molecular flexibility index (Phi) is 6.26. The number of nitrogens with zero attached hydrogens (tertiary/aromatic N) is 1. The van der Waals surface area contributed by atoms with Crippen molar-refractivity contribution < 1.29 is 13.2 Å². The summed E-state index contributed by atoms with van der Waals surface area (Å²) in [5.74, 6) is -0.0891. The minimum atomic E-state index is -3.17. The molecule has 0 spiro atoms. The minimum absolute atomic E-state index is 0.00435. The molecule has 5 nitrogen and oxygen atoms in total. The van der Waals surface area contributed by atoms with Crippen LogP contribution in [0.2, 0.25) is 0 Å². The van der Waals surface area contributed by atoms with Gasteiger partial charge < -0.3 is 5.32 Å². The normalized spacial score (nSPS) is 21.6. The smallest absolute Gasteiger partial charge is 0.224 e. The molecule has 0 saturated carbocycles. The fourth-order valence-corrected chi connectivity index (χ4v) is 3.58. The number of rotatable bonds is 6. The van der Waals surface area contributed by atoms with Gasteiger partial charge in [0.05, 0.1) is 11.7 Å². The highest BCUT2D eigenvalue weighted by atomic mass is 32.2. The predicted octanol–water partition coefficient (Wildman–Crippen LogP) is 1.35. The van der Waals surface area contributed by atoms with Crippen molar-refractivity contribution in [2.45, 2.75) is 52.5 Å². The van der Waals surface area contributed by atoms with Crippen LogP contribution in [-0.4, -0.2) is 43.5 Å². The summed E-state index contributed by atoms with van der Waals surface area (Å²) in [6, 6.07) is 0.200. The number of hydrogen-bond donors (Lipinski definition) is 1. The third-order valence-corrected chi connectivity index (χ3v) is 5.69. The molecule has 6 heteroatoms. The number of piperidine rings is 1. The Hall–Kier alpha value is -0.620. The van der Waals surface area contributed by atoms with Crippen LogP contribution in [0.4, 0.5) is 0 Å². The average molecular weight is 290 g/mol. The number of carbonyl (C=O) groups is 1. The number of sulfonamides is 1. The zero-order chi connectivity index (χ0) is 14.5. The largest absolute Gasteiger partial charge is 0.353 e. The Balaban J connectivity index is 2.62. The number of amides is 1. The molecular formula is C13H26N2O3S. The van der Waals surface area contributed by atoms with Crippen LogP contribution in [-0.2, 0) is 14.8 Å². The summed E-state index contributed by atoms with van der Waals surface area (Å²) in [6.07, 6.45) is 3.36. The van der Waals surface area contributed by atoms with Gasteiger partial charge in [0.15, 0.2) is 0 Å². The maximum atomic E-state index is 12.2. The maximum absolute atomic E-state index is 12.2. The van der Waals surface area contributed by atoms with Gasteiger partial charge in [-0.3, -0.25) is 4.79 Å². The third-order valence-electron chi connectivity index (χ3n) is 3.85. The fraction of sp³-hybridized carbons (Fsp3) is 0.923. The third kappa shape index (κ3) is 4.45. The van der Waals surface area contributed by atoms with Crippen molar-refractivity contribution in [2.24, 2.45) is 5.92 Å². The zero-order valence-electron chi connectivity index (χ0n) is 12.2. The first-order valence-corrected chi connectivity index (χ1v) is 8.83. The predicted molar refractivity (Wildman–Crippen MR) is 76.3 cm³/mol. The van der Waals surface area contributed by atoms with Crippen LogP contribution in [0.3, 0.4) is 0 Å². The van der Waals surface area contributed by atoms with Crippen molar-refractivity contribution in [3.05, 3.63) is 0 Å². The lowest BCUT2D eigenvalue weighted by Crippen LogP contribution is -2.47. The average Bonchev–Trinajstić information content (AvgIpc) is 2.44. The Bertz CT molecular complexity index is 391. The molecule has 1 aliphatic rings. The van der Waals surface area contributed by atoms with Gasteiger partial charge in [-0.05, 0) is 32.6 Å². The van der Waals surface area contributed by atoms with Crippen LogP contribution in [0, 0.1) is 5.92 Å². The van der Waals surface area contributed by atoms with Crippen molar-refractivity contribution >= 4 is 15.9 Å². The van der Waals surface area contributed by atoms with Gasteiger partial charge in [0.1, 0.15) is 0 Å². The second-order valence-corrected chi connectivity index (χ2v) is 7.38. The molecule has 112 valence electrons. The summed E-state index contributed by atoms with van der Waals surface area (Å²) in [5, 5.41) is 3.02. The molecule has 1 atom stereocenters. The fourth-order valence-electron chi connectivity index (χ4n) is 2.40. The minimum Gasteiger partial charge on any atom is -0.353 e. The zero-order valence-corrected chi connectivity index (χ0v) is 13.0. The van der Waals surface area contributed by atoms with Gasteiger partial charge in [0, 0.05) is 19.1 Å². The molecular weight excluding hydrogens is 264 g/mol. The summed E-state index contributed by atoms with van der Waals surface area (Å²) >= 11 is 0. The lowest BCUT2D eigenvalue weighted by molar-refractivity contribution is -0.126. The van der Waals surface area contributed by atoms with E-state index >= 15 is 0 Å². The summed E-state index contributed by atoms with van der Waals surface area (Å²) < 4.78 is 25.2. The quantitative estimate of drug-likeness (QED) is 0.803. The van der Waals surface area contributed by atoms with Crippen LogP contribution >= 0.6 is 0 Å². The molecule has 1 rings (SSSR count). The number of nitrogens with one attached hydrogen (secondary N) is 1. The van der Waals surface area contributed by atoms with Crippen LogP contribution in [0.15, 0.2) is 0 Å². The summed E-state index contributed by atoms with van der Waals surface area (Å²) in [7, 11) is -3.17. The van der Waals surface area contributed by atoms with Crippen molar-refractivity contribution in [3.8, 4) is 0 Å². The lowest BCUT2D eigenvalue weighted by Gasteiger charge is -2.31. The molecule has 1 fully saturated rings. The van der Waals surface area contributed by atoms with E-state index in [1.165, 1.54) is 4.31 Å². The van der Waals surface area contributed by atoms with E-state index in [0.717, 1.165) is 25.7 Å². The molecule has 1 saturated heterocycles. The highest BCUT2D eigenvalue weighted by Crippen LogP contribution is 2.20. The molecule has 0 aromatic heterocycles. The van der Waals surface area contributed by atoms with Crippen molar-refractivity contribution in [1.82, 2.24) is 9.62 Å². The van der Waals surface area contributed by atoms with Crippen LogP contribution < -0.4 is 5.32 Å². The second-order valence-electron chi connectivity index (χ2n) is 5.12. The van der Waals surface area contributed by atoms with E-state index in [4.69, 9.17) is 0 Å². The van der Waals surface area contributed by atoms with Gasteiger partial charge in [-0.25, -0.2) is 12.7 Å². The molecule has 1 heterocycles. The van der Waals surface area contributed by atoms with Crippen molar-refractivity contribution in [3.63, 3.8) is 0 Å². The first kappa shape index (κ1) is 16.4. The molecule has 0 radical (unpaired) electrons. The molecule has 0 aromatic rings. The SMILES string of the molecule is CCC(CC)NC(=O)[C@@H]1CCCN(S(=O)(=O)CC)C1. The standard InChI is InChI=1S/C13H26N2O3S/c1-4-12(5-2)14-13(16)11-8-7-9-15(10-11)19(17,18)6-3/h11-12H,4-10H2,1-3H3,(H,14,16)/t11-/m1/s1. The van der Waals surface area contributed by atoms with Gasteiger partial charge in [0.2, 0.25) is 15.9 Å². The summed E-state index contributed by atoms with van der Waals surface area (Å²) in [6.45, 7) is 6.61. The van der Waals surface area contributed by atoms with E-state index in [1.807, 2.05) is 13.8 Å². The van der Waals surface area contributed by atoms with Crippen LogP contribution in [0.5, 0.6) is 0 Å². The molecule has 1 amide bonds. The number of hydrogen-bond acceptors (Lipinski definition) is 3. The maximum Gasteiger partial charge on any atom is 0.224 e. The van der Waals surface area contributed by atoms with E-state index in [9.17, 15) is 13.2 Å². The van der Waals surface area contributed by atoms with Crippen molar-refractivity contribution in [2.75, 3.05) is 18.8 Å². The Morgan fingerprint density at radius 3 is 2.47 bits per heavy atom. The van der Waals surface area contributed by atoms with E-state index in [0.29, 0.717) is 13.1 Å². The molecule has 0 bridgehead atoms. The van der Waals surface area contributed by atoms with E-state index in [1.54, 1.807) is 6.92 Å². The molecule has 1 N–H and O–H groups in total. The monoisotopic (exact) mass is 290 g/mol. The van der Waals surface area contributed by atoms with Crippen LogP contribution in [0.1, 0.15) is 46.5 Å². The van der Waals surface area contributed by atoms with Gasteiger partial charge >= 0.3 is 0 Å². The van der Waals surface area contributed by atoms with Gasteiger partial charge in [0.25, 0.3) is 0 Å². The first-order valence-electron chi connectivity index (χ1n) is 7.22. The second kappa shape index (κ2) is 7.24. The highest BCUT2D eigenvalue weighted by molar-refractivity contribution is 7.89. The Morgan fingerprint density at radius 1 is 1.32 bits per heavy atom. The number of carbonyl (C=O) groups excluding carboxylic acids is 1. The van der Waals surface area contributed by atoms with Gasteiger partial charge in [-0.1, -0.05) is 13.8 Å².